The minimum Gasteiger partial charge on any atom is -0.481 e. The highest BCUT2D eigenvalue weighted by Crippen LogP contribution is 2.24. The van der Waals surface area contributed by atoms with E-state index in [1.165, 1.54) is 0 Å². The average molecular weight is 191 g/mol. The fourth-order valence-corrected chi connectivity index (χ4v) is 1.55. The van der Waals surface area contributed by atoms with E-state index in [2.05, 4.69) is 5.32 Å². The van der Waals surface area contributed by atoms with E-state index in [1.807, 2.05) is 12.1 Å². The third kappa shape index (κ3) is 1.35. The molecule has 0 aromatic heterocycles. The Balaban J connectivity index is 2.36. The standard InChI is InChI=1S/C10H9NO3/c12-9-7(10(13)14)5-6-3-1-2-4-8(6)11-9/h1-4,7H,5H2,(H,11,12)(H,13,14)/t7-/m0/s1. The minimum absolute atomic E-state index is 0.275. The molecule has 4 nitrogen and oxygen atoms in total. The summed E-state index contributed by atoms with van der Waals surface area (Å²) < 4.78 is 0. The van der Waals surface area contributed by atoms with Gasteiger partial charge in [-0.2, -0.15) is 0 Å². The van der Waals surface area contributed by atoms with Crippen molar-refractivity contribution < 1.29 is 14.7 Å². The van der Waals surface area contributed by atoms with Gasteiger partial charge in [-0.15, -0.1) is 0 Å². The number of carboxylic acid groups (broad SMARTS) is 1. The molecule has 1 aliphatic rings. The molecule has 0 unspecified atom stereocenters. The first-order valence-corrected chi connectivity index (χ1v) is 4.30. The van der Waals surface area contributed by atoms with Crippen LogP contribution < -0.4 is 5.32 Å². The molecule has 1 aromatic rings. The van der Waals surface area contributed by atoms with Gasteiger partial charge in [-0.1, -0.05) is 18.2 Å². The number of aliphatic carboxylic acids is 1. The molecule has 0 saturated carbocycles. The second-order valence-electron chi connectivity index (χ2n) is 3.24. The summed E-state index contributed by atoms with van der Waals surface area (Å²) in [5, 5.41) is 11.3. The van der Waals surface area contributed by atoms with E-state index in [-0.39, 0.29) is 6.42 Å². The molecule has 1 aliphatic heterocycles. The van der Waals surface area contributed by atoms with Gasteiger partial charge in [0.25, 0.3) is 0 Å². The van der Waals surface area contributed by atoms with E-state index >= 15 is 0 Å². The lowest BCUT2D eigenvalue weighted by Gasteiger charge is -2.21. The number of nitrogens with one attached hydrogen (secondary N) is 1. The highest BCUT2D eigenvalue weighted by molar-refractivity contribution is 6.06. The summed E-state index contributed by atoms with van der Waals surface area (Å²) in [7, 11) is 0. The van der Waals surface area contributed by atoms with Crippen LogP contribution in [0, 0.1) is 5.92 Å². The Kier molecular flexibility index (Phi) is 1.96. The first-order chi connectivity index (χ1) is 6.68. The molecule has 0 aliphatic carbocycles. The van der Waals surface area contributed by atoms with Crippen LogP contribution in [0.1, 0.15) is 5.56 Å². The van der Waals surface area contributed by atoms with Gasteiger partial charge in [0.05, 0.1) is 0 Å². The van der Waals surface area contributed by atoms with Crippen molar-refractivity contribution in [1.82, 2.24) is 0 Å². The number of rotatable bonds is 1. The molecule has 72 valence electrons. The number of benzene rings is 1. The lowest BCUT2D eigenvalue weighted by molar-refractivity contribution is -0.145. The van der Waals surface area contributed by atoms with Gasteiger partial charge < -0.3 is 10.4 Å². The first-order valence-electron chi connectivity index (χ1n) is 4.30. The summed E-state index contributed by atoms with van der Waals surface area (Å²) in [5.41, 5.74) is 1.59. The molecule has 1 atom stereocenters. The van der Waals surface area contributed by atoms with Crippen molar-refractivity contribution in [3.05, 3.63) is 29.8 Å². The molecular weight excluding hydrogens is 182 g/mol. The zero-order valence-electron chi connectivity index (χ0n) is 7.36. The summed E-state index contributed by atoms with van der Waals surface area (Å²) >= 11 is 0. The van der Waals surface area contributed by atoms with Crippen LogP contribution in [0.15, 0.2) is 24.3 Å². The predicted molar refractivity (Wildman–Crippen MR) is 49.9 cm³/mol. The molecule has 2 N–H and O–H groups in total. The van der Waals surface area contributed by atoms with Crippen LogP contribution in [0.3, 0.4) is 0 Å². The molecule has 0 bridgehead atoms. The highest BCUT2D eigenvalue weighted by atomic mass is 16.4. The van der Waals surface area contributed by atoms with E-state index < -0.39 is 17.8 Å². The Morgan fingerprint density at radius 1 is 1.43 bits per heavy atom. The van der Waals surface area contributed by atoms with Crippen LogP contribution in [0.2, 0.25) is 0 Å². The van der Waals surface area contributed by atoms with Crippen molar-refractivity contribution >= 4 is 17.6 Å². The molecule has 0 spiro atoms. The number of amides is 1. The van der Waals surface area contributed by atoms with Crippen LogP contribution >= 0.6 is 0 Å². The number of carbonyl (C=O) groups is 2. The van der Waals surface area contributed by atoms with Gasteiger partial charge in [0, 0.05) is 5.69 Å². The average Bonchev–Trinajstić information content (AvgIpc) is 2.16. The third-order valence-corrected chi connectivity index (χ3v) is 2.31. The number of anilines is 1. The summed E-state index contributed by atoms with van der Waals surface area (Å²) in [4.78, 5) is 22.0. The summed E-state index contributed by atoms with van der Waals surface area (Å²) in [6, 6.07) is 7.23. The van der Waals surface area contributed by atoms with Crippen molar-refractivity contribution in [1.29, 1.82) is 0 Å². The number of hydrogen-bond donors (Lipinski definition) is 2. The maximum Gasteiger partial charge on any atom is 0.316 e. The van der Waals surface area contributed by atoms with Crippen molar-refractivity contribution in [3.8, 4) is 0 Å². The lowest BCUT2D eigenvalue weighted by atomic mass is 9.93. The van der Waals surface area contributed by atoms with E-state index in [9.17, 15) is 9.59 Å². The van der Waals surface area contributed by atoms with Crippen molar-refractivity contribution in [3.63, 3.8) is 0 Å². The van der Waals surface area contributed by atoms with Gasteiger partial charge in [0.2, 0.25) is 5.91 Å². The van der Waals surface area contributed by atoms with E-state index in [1.54, 1.807) is 12.1 Å². The van der Waals surface area contributed by atoms with E-state index in [0.29, 0.717) is 0 Å². The fourth-order valence-electron chi connectivity index (χ4n) is 1.55. The zero-order valence-corrected chi connectivity index (χ0v) is 7.36. The van der Waals surface area contributed by atoms with Gasteiger partial charge in [-0.3, -0.25) is 9.59 Å². The van der Waals surface area contributed by atoms with E-state index in [4.69, 9.17) is 5.11 Å². The Labute approximate surface area is 80.6 Å². The molecule has 0 radical (unpaired) electrons. The zero-order chi connectivity index (χ0) is 10.1. The SMILES string of the molecule is O=C(O)[C@H]1Cc2ccccc2NC1=O. The van der Waals surface area contributed by atoms with Crippen LogP contribution in [0.25, 0.3) is 0 Å². The smallest absolute Gasteiger partial charge is 0.316 e. The lowest BCUT2D eigenvalue weighted by Crippen LogP contribution is -2.35. The van der Waals surface area contributed by atoms with E-state index in [0.717, 1.165) is 11.3 Å². The Bertz CT molecular complexity index is 400. The topological polar surface area (TPSA) is 66.4 Å². The highest BCUT2D eigenvalue weighted by Gasteiger charge is 2.31. The quantitative estimate of drug-likeness (QED) is 0.647. The van der Waals surface area contributed by atoms with Gasteiger partial charge in [-0.05, 0) is 18.1 Å². The summed E-state index contributed by atoms with van der Waals surface area (Å²) in [6.07, 6.45) is 0.275. The molecule has 1 aromatic carbocycles. The second kappa shape index (κ2) is 3.14. The molecule has 0 saturated heterocycles. The Morgan fingerprint density at radius 2 is 2.14 bits per heavy atom. The number of hydrogen-bond acceptors (Lipinski definition) is 2. The van der Waals surface area contributed by atoms with Crippen LogP contribution in [0.5, 0.6) is 0 Å². The van der Waals surface area contributed by atoms with Gasteiger partial charge in [-0.25, -0.2) is 0 Å². The summed E-state index contributed by atoms with van der Waals surface area (Å²) in [6.45, 7) is 0. The van der Waals surface area contributed by atoms with Gasteiger partial charge in [0.15, 0.2) is 0 Å². The maximum atomic E-state index is 11.3. The number of carboxylic acids is 1. The molecule has 0 fully saturated rings. The minimum atomic E-state index is -1.07. The number of para-hydroxylation sites is 1. The van der Waals surface area contributed by atoms with Crippen LogP contribution in [-0.4, -0.2) is 17.0 Å². The molecule has 2 rings (SSSR count). The molecule has 1 heterocycles. The van der Waals surface area contributed by atoms with Crippen molar-refractivity contribution in [2.24, 2.45) is 5.92 Å². The van der Waals surface area contributed by atoms with Crippen molar-refractivity contribution in [2.45, 2.75) is 6.42 Å². The number of carbonyl (C=O) groups excluding carboxylic acids is 1. The van der Waals surface area contributed by atoms with Crippen LogP contribution in [-0.2, 0) is 16.0 Å². The molecule has 4 heteroatoms. The summed E-state index contributed by atoms with van der Waals surface area (Å²) in [5.74, 6) is -2.46. The molecular formula is C10H9NO3. The van der Waals surface area contributed by atoms with Gasteiger partial charge in [0.1, 0.15) is 5.92 Å². The maximum absolute atomic E-state index is 11.3. The molecule has 14 heavy (non-hydrogen) atoms. The van der Waals surface area contributed by atoms with Gasteiger partial charge >= 0.3 is 5.97 Å². The predicted octanol–water partition coefficient (Wildman–Crippen LogP) is 0.882. The van der Waals surface area contributed by atoms with Crippen molar-refractivity contribution in [2.75, 3.05) is 5.32 Å². The number of fused-ring (bicyclic) bond motifs is 1. The Hall–Kier alpha value is -1.84. The first kappa shape index (κ1) is 8.74. The second-order valence-corrected chi connectivity index (χ2v) is 3.24. The molecule has 1 amide bonds. The van der Waals surface area contributed by atoms with Crippen LogP contribution in [0.4, 0.5) is 5.69 Å². The monoisotopic (exact) mass is 191 g/mol. The fraction of sp³-hybridized carbons (Fsp3) is 0.200. The largest absolute Gasteiger partial charge is 0.481 e. The Morgan fingerprint density at radius 3 is 2.86 bits per heavy atom. The third-order valence-electron chi connectivity index (χ3n) is 2.31. The normalized spacial score (nSPS) is 19.7.